The Kier molecular flexibility index (Phi) is 4.47. The summed E-state index contributed by atoms with van der Waals surface area (Å²) in [4.78, 5) is 11.0. The molecule has 0 aliphatic carbocycles. The van der Waals surface area contributed by atoms with Crippen LogP contribution in [-0.4, -0.2) is 12.3 Å². The molecule has 0 spiro atoms. The van der Waals surface area contributed by atoms with E-state index in [1.54, 1.807) is 7.11 Å². The first kappa shape index (κ1) is 13.5. The Morgan fingerprint density at radius 2 is 1.84 bits per heavy atom. The number of thiol groups is 1. The van der Waals surface area contributed by atoms with E-state index in [2.05, 4.69) is 17.9 Å². The summed E-state index contributed by atoms with van der Waals surface area (Å²) in [5.74, 6) is 0.834. The maximum absolute atomic E-state index is 11.0. The number of methoxy groups -OCH3 is 1. The Morgan fingerprint density at radius 1 is 1.16 bits per heavy atom. The molecule has 1 amide bonds. The van der Waals surface area contributed by atoms with Gasteiger partial charge in [-0.2, -0.15) is 0 Å². The number of hydrogen-bond donors (Lipinski definition) is 2. The van der Waals surface area contributed by atoms with Gasteiger partial charge >= 0.3 is 0 Å². The van der Waals surface area contributed by atoms with Crippen molar-refractivity contribution in [1.29, 1.82) is 0 Å². The second-order valence-electron chi connectivity index (χ2n) is 4.11. The number of carbonyl (C=O) groups excluding carboxylic acids is 1. The van der Waals surface area contributed by atoms with Gasteiger partial charge < -0.3 is 10.1 Å². The number of ether oxygens (including phenoxy) is 1. The summed E-state index contributed by atoms with van der Waals surface area (Å²) in [7, 11) is 1.65. The van der Waals surface area contributed by atoms with E-state index in [1.165, 1.54) is 0 Å². The molecule has 0 aliphatic heterocycles. The van der Waals surface area contributed by atoms with Crippen LogP contribution in [0.3, 0.4) is 0 Å². The second-order valence-corrected chi connectivity index (χ2v) is 4.52. The molecule has 2 aromatic rings. The van der Waals surface area contributed by atoms with Crippen molar-refractivity contribution >= 4 is 23.6 Å². The van der Waals surface area contributed by atoms with E-state index in [0.29, 0.717) is 0 Å². The first-order valence-electron chi connectivity index (χ1n) is 5.90. The Morgan fingerprint density at radius 3 is 2.47 bits per heavy atom. The second kappa shape index (κ2) is 6.29. The van der Waals surface area contributed by atoms with E-state index < -0.39 is 0 Å². The third-order valence-electron chi connectivity index (χ3n) is 2.81. The van der Waals surface area contributed by atoms with Crippen LogP contribution in [0.2, 0.25) is 0 Å². The van der Waals surface area contributed by atoms with Crippen LogP contribution in [0.5, 0.6) is 5.75 Å². The summed E-state index contributed by atoms with van der Waals surface area (Å²) in [5, 5.41) is 2.36. The number of anilines is 1. The average Bonchev–Trinajstić information content (AvgIpc) is 2.41. The van der Waals surface area contributed by atoms with E-state index in [9.17, 15) is 4.79 Å². The molecule has 0 saturated carbocycles. The molecule has 98 valence electrons. The maximum Gasteiger partial charge on any atom is 0.280 e. The lowest BCUT2D eigenvalue weighted by molar-refractivity contribution is 0.270. The number of para-hydroxylation sites is 1. The molecule has 0 atom stereocenters. The minimum absolute atomic E-state index is 0.359. The molecular formula is C15H15NO2S. The van der Waals surface area contributed by atoms with Gasteiger partial charge in [0, 0.05) is 5.69 Å². The first-order valence-corrected chi connectivity index (χ1v) is 6.34. The molecule has 3 nitrogen and oxygen atoms in total. The fourth-order valence-electron chi connectivity index (χ4n) is 1.87. The van der Waals surface area contributed by atoms with Gasteiger partial charge in [-0.3, -0.25) is 4.79 Å². The van der Waals surface area contributed by atoms with Gasteiger partial charge in [0.2, 0.25) is 0 Å². The van der Waals surface area contributed by atoms with Crippen LogP contribution in [0.4, 0.5) is 10.5 Å². The van der Waals surface area contributed by atoms with Crippen molar-refractivity contribution in [2.75, 3.05) is 12.4 Å². The highest BCUT2D eigenvalue weighted by Crippen LogP contribution is 2.21. The van der Waals surface area contributed by atoms with Crippen LogP contribution in [0.15, 0.2) is 48.5 Å². The molecule has 2 aromatic carbocycles. The smallest absolute Gasteiger partial charge is 0.280 e. The Hall–Kier alpha value is -1.94. The average molecular weight is 273 g/mol. The fourth-order valence-corrected chi connectivity index (χ4v) is 2.00. The zero-order chi connectivity index (χ0) is 13.7. The number of amides is 1. The third-order valence-corrected chi connectivity index (χ3v) is 2.92. The van der Waals surface area contributed by atoms with E-state index >= 15 is 0 Å². The van der Waals surface area contributed by atoms with Crippen LogP contribution in [0, 0.1) is 0 Å². The monoisotopic (exact) mass is 273 g/mol. The zero-order valence-corrected chi connectivity index (χ0v) is 11.5. The van der Waals surface area contributed by atoms with Crippen molar-refractivity contribution in [2.24, 2.45) is 0 Å². The molecule has 0 radical (unpaired) electrons. The minimum atomic E-state index is -0.359. The molecule has 2 rings (SSSR count). The molecule has 0 bridgehead atoms. The summed E-state index contributed by atoms with van der Waals surface area (Å²) >= 11 is 3.74. The quantitative estimate of drug-likeness (QED) is 0.833. The van der Waals surface area contributed by atoms with Crippen LogP contribution >= 0.6 is 12.6 Å². The van der Waals surface area contributed by atoms with Crippen LogP contribution in [0.25, 0.3) is 0 Å². The molecule has 0 aliphatic rings. The first-order chi connectivity index (χ1) is 9.19. The Labute approximate surface area is 118 Å². The molecule has 1 N–H and O–H groups in total. The summed E-state index contributed by atoms with van der Waals surface area (Å²) < 4.78 is 5.13. The summed E-state index contributed by atoms with van der Waals surface area (Å²) in [6.45, 7) is 0. The van der Waals surface area contributed by atoms with Crippen LogP contribution in [-0.2, 0) is 6.42 Å². The van der Waals surface area contributed by atoms with Crippen molar-refractivity contribution in [1.82, 2.24) is 0 Å². The summed E-state index contributed by atoms with van der Waals surface area (Å²) in [6, 6.07) is 15.6. The Bertz CT molecular complexity index is 567. The summed E-state index contributed by atoms with van der Waals surface area (Å²) in [5.41, 5.74) is 3.00. The molecule has 0 heterocycles. The highest BCUT2D eigenvalue weighted by atomic mass is 32.1. The Balaban J connectivity index is 2.19. The third kappa shape index (κ3) is 3.76. The molecule has 0 aromatic heterocycles. The van der Waals surface area contributed by atoms with Crippen molar-refractivity contribution in [2.45, 2.75) is 6.42 Å². The van der Waals surface area contributed by atoms with E-state index in [-0.39, 0.29) is 5.24 Å². The van der Waals surface area contributed by atoms with E-state index in [4.69, 9.17) is 4.74 Å². The normalized spacial score (nSPS) is 10.0. The van der Waals surface area contributed by atoms with Crippen LogP contribution < -0.4 is 10.1 Å². The predicted molar refractivity (Wildman–Crippen MR) is 80.2 cm³/mol. The number of benzene rings is 2. The van der Waals surface area contributed by atoms with Gasteiger partial charge in [0.15, 0.2) is 0 Å². The van der Waals surface area contributed by atoms with Gasteiger partial charge in [0.25, 0.3) is 5.24 Å². The van der Waals surface area contributed by atoms with Gasteiger partial charge in [-0.15, -0.1) is 0 Å². The van der Waals surface area contributed by atoms with Gasteiger partial charge in [-0.25, -0.2) is 0 Å². The van der Waals surface area contributed by atoms with E-state index in [0.717, 1.165) is 29.0 Å². The van der Waals surface area contributed by atoms with Gasteiger partial charge in [-0.05, 0) is 35.7 Å². The largest absolute Gasteiger partial charge is 0.497 e. The number of carbonyl (C=O) groups is 1. The topological polar surface area (TPSA) is 38.3 Å². The van der Waals surface area contributed by atoms with Gasteiger partial charge in [0.05, 0.1) is 7.11 Å². The van der Waals surface area contributed by atoms with Crippen molar-refractivity contribution in [3.05, 3.63) is 59.7 Å². The molecular weight excluding hydrogens is 258 g/mol. The standard InChI is InChI=1S/C15H15NO2S/c1-18-13-8-6-11(7-9-13)10-12-4-2-3-5-14(12)16-15(17)19/h2-9H,10H2,1H3,(H2,16,17,19). The van der Waals surface area contributed by atoms with Crippen molar-refractivity contribution in [3.63, 3.8) is 0 Å². The molecule has 0 unspecified atom stereocenters. The van der Waals surface area contributed by atoms with E-state index in [1.807, 2.05) is 48.5 Å². The number of rotatable bonds is 4. The van der Waals surface area contributed by atoms with Crippen LogP contribution in [0.1, 0.15) is 11.1 Å². The molecule has 0 fully saturated rings. The highest BCUT2D eigenvalue weighted by molar-refractivity contribution is 7.96. The lowest BCUT2D eigenvalue weighted by Crippen LogP contribution is -2.04. The summed E-state index contributed by atoms with van der Waals surface area (Å²) in [6.07, 6.45) is 0.744. The van der Waals surface area contributed by atoms with Gasteiger partial charge in [-0.1, -0.05) is 43.0 Å². The van der Waals surface area contributed by atoms with Gasteiger partial charge in [0.1, 0.15) is 5.75 Å². The minimum Gasteiger partial charge on any atom is -0.497 e. The fraction of sp³-hybridized carbons (Fsp3) is 0.133. The molecule has 4 heteroatoms. The molecule has 19 heavy (non-hydrogen) atoms. The lowest BCUT2D eigenvalue weighted by atomic mass is 10.0. The number of nitrogens with one attached hydrogen (secondary N) is 1. The predicted octanol–water partition coefficient (Wildman–Crippen LogP) is 3.75. The van der Waals surface area contributed by atoms with Crippen molar-refractivity contribution < 1.29 is 9.53 Å². The zero-order valence-electron chi connectivity index (χ0n) is 10.6. The SMILES string of the molecule is COc1ccc(Cc2ccccc2NC(=O)S)cc1. The van der Waals surface area contributed by atoms with Crippen molar-refractivity contribution in [3.8, 4) is 5.75 Å². The number of hydrogen-bond acceptors (Lipinski definition) is 2. The maximum atomic E-state index is 11.0. The lowest BCUT2D eigenvalue weighted by Gasteiger charge is -2.10. The highest BCUT2D eigenvalue weighted by Gasteiger charge is 2.04. The molecule has 0 saturated heterocycles.